The molecule has 5 heteroatoms. The third-order valence-electron chi connectivity index (χ3n) is 3.28. The van der Waals surface area contributed by atoms with Crippen LogP contribution in [0.4, 0.5) is 10.5 Å². The summed E-state index contributed by atoms with van der Waals surface area (Å²) in [7, 11) is 0. The number of rotatable bonds is 5. The summed E-state index contributed by atoms with van der Waals surface area (Å²) in [6.07, 6.45) is -0.493. The molecule has 122 valence electrons. The Kier molecular flexibility index (Phi) is 5.46. The third kappa shape index (κ3) is 4.92. The van der Waals surface area contributed by atoms with Gasteiger partial charge in [-0.1, -0.05) is 38.1 Å². The van der Waals surface area contributed by atoms with E-state index in [2.05, 4.69) is 24.5 Å². The Morgan fingerprint density at radius 2 is 1.83 bits per heavy atom. The van der Waals surface area contributed by atoms with Crippen LogP contribution in [0.2, 0.25) is 0 Å². The van der Waals surface area contributed by atoms with Crippen molar-refractivity contribution in [3.63, 3.8) is 0 Å². The fourth-order valence-corrected chi connectivity index (χ4v) is 2.22. The van der Waals surface area contributed by atoms with E-state index in [1.807, 2.05) is 24.3 Å². The first-order valence-corrected chi connectivity index (χ1v) is 7.58. The number of nitrogens with one attached hydrogen (secondary N) is 2. The van der Waals surface area contributed by atoms with Crippen molar-refractivity contribution in [3.8, 4) is 11.5 Å². The molecule has 0 heterocycles. The number of anilines is 1. The smallest absolute Gasteiger partial charge is 0.322 e. The molecular weight excluding hydrogens is 292 g/mol. The Bertz CT molecular complexity index is 671. The summed E-state index contributed by atoms with van der Waals surface area (Å²) in [5.41, 5.74) is 1.60. The molecule has 0 aliphatic carbocycles. The molecule has 2 rings (SSSR count). The zero-order valence-corrected chi connectivity index (χ0v) is 13.5. The predicted octanol–water partition coefficient (Wildman–Crippen LogP) is 4.06. The quantitative estimate of drug-likeness (QED) is 0.729. The number of benzene rings is 2. The maximum Gasteiger partial charge on any atom is 0.322 e. The van der Waals surface area contributed by atoms with Crippen molar-refractivity contribution in [1.29, 1.82) is 0 Å². The summed E-state index contributed by atoms with van der Waals surface area (Å²) >= 11 is 0. The van der Waals surface area contributed by atoms with E-state index >= 15 is 0 Å². The number of hydrogen-bond donors (Lipinski definition) is 3. The number of amides is 2. The van der Waals surface area contributed by atoms with Gasteiger partial charge in [0.1, 0.15) is 11.5 Å². The van der Waals surface area contributed by atoms with Crippen LogP contribution in [0.1, 0.15) is 32.3 Å². The summed E-state index contributed by atoms with van der Waals surface area (Å²) < 4.78 is 5.82. The average molecular weight is 314 g/mol. The van der Waals surface area contributed by atoms with Crippen LogP contribution in [0.3, 0.4) is 0 Å². The van der Waals surface area contributed by atoms with Gasteiger partial charge in [-0.3, -0.25) is 0 Å². The molecule has 0 radical (unpaired) electrons. The fourth-order valence-electron chi connectivity index (χ4n) is 2.22. The monoisotopic (exact) mass is 314 g/mol. The lowest BCUT2D eigenvalue weighted by molar-refractivity contribution is 0.181. The Morgan fingerprint density at radius 1 is 1.09 bits per heavy atom. The SMILES string of the molecule is CC(NC(=O)Nc1cccc(O)c1)Oc1ccccc1C(C)C. The molecule has 2 aromatic carbocycles. The summed E-state index contributed by atoms with van der Waals surface area (Å²) in [5.74, 6) is 1.19. The van der Waals surface area contributed by atoms with Crippen molar-refractivity contribution < 1.29 is 14.6 Å². The molecular formula is C18H22N2O3. The second-order valence-corrected chi connectivity index (χ2v) is 5.60. The lowest BCUT2D eigenvalue weighted by Crippen LogP contribution is -2.39. The maximum absolute atomic E-state index is 12.0. The number of urea groups is 1. The van der Waals surface area contributed by atoms with E-state index in [1.54, 1.807) is 19.1 Å². The molecule has 0 saturated carbocycles. The van der Waals surface area contributed by atoms with E-state index < -0.39 is 12.3 Å². The van der Waals surface area contributed by atoms with Crippen molar-refractivity contribution >= 4 is 11.7 Å². The number of ether oxygens (including phenoxy) is 1. The van der Waals surface area contributed by atoms with Gasteiger partial charge in [-0.15, -0.1) is 0 Å². The zero-order chi connectivity index (χ0) is 16.8. The summed E-state index contributed by atoms with van der Waals surface area (Å²) in [6.45, 7) is 5.95. The minimum atomic E-state index is -0.493. The van der Waals surface area contributed by atoms with Crippen LogP contribution in [0.15, 0.2) is 48.5 Å². The van der Waals surface area contributed by atoms with Gasteiger partial charge in [-0.05, 0) is 36.6 Å². The molecule has 0 aliphatic heterocycles. The van der Waals surface area contributed by atoms with E-state index in [-0.39, 0.29) is 5.75 Å². The van der Waals surface area contributed by atoms with Crippen molar-refractivity contribution in [2.45, 2.75) is 32.9 Å². The molecule has 0 fully saturated rings. The van der Waals surface area contributed by atoms with E-state index in [4.69, 9.17) is 4.74 Å². The number of para-hydroxylation sites is 1. The standard InChI is InChI=1S/C18H22N2O3/c1-12(2)16-9-4-5-10-17(16)23-13(3)19-18(22)20-14-7-6-8-15(21)11-14/h4-13,21H,1-3H3,(H2,19,20,22). The fraction of sp³-hybridized carbons (Fsp3) is 0.278. The van der Waals surface area contributed by atoms with Crippen molar-refractivity contribution in [1.82, 2.24) is 5.32 Å². The lowest BCUT2D eigenvalue weighted by Gasteiger charge is -2.20. The Labute approximate surface area is 136 Å². The van der Waals surface area contributed by atoms with Crippen LogP contribution < -0.4 is 15.4 Å². The molecule has 2 amide bonds. The number of phenolic OH excluding ortho intramolecular Hbond substituents is 1. The number of hydrogen-bond acceptors (Lipinski definition) is 3. The number of aromatic hydroxyl groups is 1. The first kappa shape index (κ1) is 16.7. The largest absolute Gasteiger partial charge is 0.508 e. The topological polar surface area (TPSA) is 70.6 Å². The third-order valence-corrected chi connectivity index (χ3v) is 3.28. The van der Waals surface area contributed by atoms with Gasteiger partial charge in [0.2, 0.25) is 0 Å². The Balaban J connectivity index is 1.94. The summed E-state index contributed by atoms with van der Waals surface area (Å²) in [4.78, 5) is 12.0. The van der Waals surface area contributed by atoms with E-state index in [0.717, 1.165) is 11.3 Å². The van der Waals surface area contributed by atoms with Crippen LogP contribution in [0, 0.1) is 0 Å². The normalized spacial score (nSPS) is 11.8. The first-order chi connectivity index (χ1) is 11.0. The molecule has 2 aromatic rings. The van der Waals surface area contributed by atoms with Crippen LogP contribution in [-0.2, 0) is 0 Å². The van der Waals surface area contributed by atoms with Crippen LogP contribution in [0.5, 0.6) is 11.5 Å². The zero-order valence-electron chi connectivity index (χ0n) is 13.5. The van der Waals surface area contributed by atoms with Gasteiger partial charge in [-0.2, -0.15) is 0 Å². The van der Waals surface area contributed by atoms with Gasteiger partial charge in [0.05, 0.1) is 0 Å². The first-order valence-electron chi connectivity index (χ1n) is 7.58. The highest BCUT2D eigenvalue weighted by Gasteiger charge is 2.12. The van der Waals surface area contributed by atoms with Gasteiger partial charge in [0.25, 0.3) is 0 Å². The van der Waals surface area contributed by atoms with E-state index in [9.17, 15) is 9.90 Å². The molecule has 0 bridgehead atoms. The van der Waals surface area contributed by atoms with E-state index in [1.165, 1.54) is 12.1 Å². The van der Waals surface area contributed by atoms with Gasteiger partial charge in [0.15, 0.2) is 6.23 Å². The average Bonchev–Trinajstić information content (AvgIpc) is 2.47. The molecule has 0 saturated heterocycles. The molecule has 0 aromatic heterocycles. The summed E-state index contributed by atoms with van der Waals surface area (Å²) in [5, 5.41) is 14.7. The number of carbonyl (C=O) groups excluding carboxylic acids is 1. The highest BCUT2D eigenvalue weighted by Crippen LogP contribution is 2.26. The van der Waals surface area contributed by atoms with Crippen LogP contribution in [-0.4, -0.2) is 17.4 Å². The van der Waals surface area contributed by atoms with Crippen molar-refractivity contribution in [2.75, 3.05) is 5.32 Å². The maximum atomic E-state index is 12.0. The van der Waals surface area contributed by atoms with Gasteiger partial charge < -0.3 is 20.5 Å². The van der Waals surface area contributed by atoms with Crippen molar-refractivity contribution in [2.24, 2.45) is 0 Å². The second-order valence-electron chi connectivity index (χ2n) is 5.60. The number of carbonyl (C=O) groups is 1. The van der Waals surface area contributed by atoms with Crippen LogP contribution >= 0.6 is 0 Å². The second kappa shape index (κ2) is 7.54. The van der Waals surface area contributed by atoms with E-state index in [0.29, 0.717) is 11.6 Å². The van der Waals surface area contributed by atoms with Crippen LogP contribution in [0.25, 0.3) is 0 Å². The molecule has 3 N–H and O–H groups in total. The van der Waals surface area contributed by atoms with Gasteiger partial charge in [-0.25, -0.2) is 4.79 Å². The molecule has 1 unspecified atom stereocenters. The minimum absolute atomic E-state index is 0.0953. The predicted molar refractivity (Wildman–Crippen MR) is 90.9 cm³/mol. The minimum Gasteiger partial charge on any atom is -0.508 e. The number of phenols is 1. The Hall–Kier alpha value is -2.69. The lowest BCUT2D eigenvalue weighted by atomic mass is 10.0. The highest BCUT2D eigenvalue weighted by molar-refractivity contribution is 5.89. The molecule has 0 aliphatic rings. The van der Waals surface area contributed by atoms with Crippen molar-refractivity contribution in [3.05, 3.63) is 54.1 Å². The molecule has 1 atom stereocenters. The highest BCUT2D eigenvalue weighted by atomic mass is 16.5. The molecule has 23 heavy (non-hydrogen) atoms. The van der Waals surface area contributed by atoms with Gasteiger partial charge in [0, 0.05) is 11.8 Å². The molecule has 5 nitrogen and oxygen atoms in total. The Morgan fingerprint density at radius 3 is 2.52 bits per heavy atom. The molecule has 0 spiro atoms. The van der Waals surface area contributed by atoms with Gasteiger partial charge >= 0.3 is 6.03 Å². The summed E-state index contributed by atoms with van der Waals surface area (Å²) in [6, 6.07) is 13.7.